The molecule has 7 nitrogen and oxygen atoms in total. The van der Waals surface area contributed by atoms with E-state index in [9.17, 15) is 9.59 Å². The molecule has 0 fully saturated rings. The van der Waals surface area contributed by atoms with Crippen molar-refractivity contribution < 1.29 is 18.7 Å². The van der Waals surface area contributed by atoms with Gasteiger partial charge in [0.1, 0.15) is 18.1 Å². The molecule has 3 aromatic rings. The summed E-state index contributed by atoms with van der Waals surface area (Å²) in [5.41, 5.74) is 2.32. The van der Waals surface area contributed by atoms with Crippen LogP contribution in [0.25, 0.3) is 11.3 Å². The number of halogens is 2. The predicted molar refractivity (Wildman–Crippen MR) is 127 cm³/mol. The monoisotopic (exact) mass is 511 g/mol. The van der Waals surface area contributed by atoms with Crippen LogP contribution in [0.1, 0.15) is 21.7 Å². The Balaban J connectivity index is 1.58. The Hall–Kier alpha value is -3.49. The predicted octanol–water partition coefficient (Wildman–Crippen LogP) is 5.48. The number of rotatable bonds is 6. The molecule has 0 bridgehead atoms. The SMILES string of the molecule is C=CCOC(=O)c1cc(Cl)ccc1-c1ccc(C=N/N=C2\C(=O)Nc3ccc(Br)cc32)o1. The summed E-state index contributed by atoms with van der Waals surface area (Å²) in [7, 11) is 0. The molecular formula is C23H15BrClN3O4. The Morgan fingerprint density at radius 2 is 2.03 bits per heavy atom. The molecule has 2 heterocycles. The van der Waals surface area contributed by atoms with Gasteiger partial charge in [-0.1, -0.05) is 40.2 Å². The molecule has 0 atom stereocenters. The van der Waals surface area contributed by atoms with Gasteiger partial charge in [0.15, 0.2) is 5.71 Å². The summed E-state index contributed by atoms with van der Waals surface area (Å²) >= 11 is 9.43. The molecular weight excluding hydrogens is 498 g/mol. The number of esters is 1. The summed E-state index contributed by atoms with van der Waals surface area (Å²) in [6, 6.07) is 13.6. The van der Waals surface area contributed by atoms with Crippen molar-refractivity contribution in [2.75, 3.05) is 11.9 Å². The van der Waals surface area contributed by atoms with Crippen molar-refractivity contribution in [2.45, 2.75) is 0 Å². The standard InChI is InChI=1S/C23H15BrClN3O4/c1-2-9-31-23(30)17-11-14(25)4-6-16(17)20-8-5-15(32-20)12-26-28-21-18-10-13(24)3-7-19(18)27-22(21)29/h2-8,10-12H,1,9H2,(H,27,28,29). The fraction of sp³-hybridized carbons (Fsp3) is 0.0435. The van der Waals surface area contributed by atoms with E-state index in [0.29, 0.717) is 33.4 Å². The molecule has 2 aromatic carbocycles. The zero-order chi connectivity index (χ0) is 22.7. The first-order valence-electron chi connectivity index (χ1n) is 9.36. The van der Waals surface area contributed by atoms with Crippen LogP contribution in [0.3, 0.4) is 0 Å². The van der Waals surface area contributed by atoms with E-state index in [-0.39, 0.29) is 23.8 Å². The minimum absolute atomic E-state index is 0.0778. The molecule has 1 amide bonds. The molecule has 1 N–H and O–H groups in total. The summed E-state index contributed by atoms with van der Waals surface area (Å²) in [6.45, 7) is 3.61. The molecule has 1 aliphatic heterocycles. The Kier molecular flexibility index (Phi) is 6.34. The highest BCUT2D eigenvalue weighted by Gasteiger charge is 2.26. The molecule has 32 heavy (non-hydrogen) atoms. The van der Waals surface area contributed by atoms with E-state index < -0.39 is 5.97 Å². The lowest BCUT2D eigenvalue weighted by Crippen LogP contribution is -2.13. The number of ether oxygens (including phenoxy) is 1. The fourth-order valence-electron chi connectivity index (χ4n) is 3.05. The van der Waals surface area contributed by atoms with E-state index in [0.717, 1.165) is 4.47 Å². The summed E-state index contributed by atoms with van der Waals surface area (Å²) in [5.74, 6) is -0.0662. The Morgan fingerprint density at radius 3 is 2.84 bits per heavy atom. The first kappa shape index (κ1) is 21.7. The maximum absolute atomic E-state index is 12.4. The summed E-state index contributed by atoms with van der Waals surface area (Å²) < 4.78 is 11.7. The van der Waals surface area contributed by atoms with E-state index in [1.165, 1.54) is 18.4 Å². The number of nitrogens with zero attached hydrogens (tertiary/aromatic N) is 2. The van der Waals surface area contributed by atoms with Gasteiger partial charge in [-0.15, -0.1) is 5.10 Å². The number of furan rings is 1. The van der Waals surface area contributed by atoms with E-state index in [4.69, 9.17) is 20.8 Å². The fourth-order valence-corrected chi connectivity index (χ4v) is 3.58. The molecule has 0 spiro atoms. The number of fused-ring (bicyclic) bond motifs is 1. The van der Waals surface area contributed by atoms with Crippen LogP contribution in [0.4, 0.5) is 5.69 Å². The van der Waals surface area contributed by atoms with Crippen molar-refractivity contribution in [3.8, 4) is 11.3 Å². The molecule has 0 radical (unpaired) electrons. The molecule has 0 saturated heterocycles. The number of amides is 1. The van der Waals surface area contributed by atoms with Gasteiger partial charge in [0.25, 0.3) is 5.91 Å². The van der Waals surface area contributed by atoms with Gasteiger partial charge >= 0.3 is 5.97 Å². The average Bonchev–Trinajstić information content (AvgIpc) is 3.36. The van der Waals surface area contributed by atoms with Crippen LogP contribution < -0.4 is 5.32 Å². The van der Waals surface area contributed by atoms with Crippen LogP contribution in [-0.4, -0.2) is 30.4 Å². The largest absolute Gasteiger partial charge is 0.458 e. The average molecular weight is 513 g/mol. The van der Waals surface area contributed by atoms with Gasteiger partial charge < -0.3 is 14.5 Å². The molecule has 0 saturated carbocycles. The first-order valence-corrected chi connectivity index (χ1v) is 10.5. The topological polar surface area (TPSA) is 93.3 Å². The maximum Gasteiger partial charge on any atom is 0.339 e. The highest BCUT2D eigenvalue weighted by atomic mass is 79.9. The van der Waals surface area contributed by atoms with Crippen molar-refractivity contribution in [1.29, 1.82) is 0 Å². The molecule has 0 unspecified atom stereocenters. The Morgan fingerprint density at radius 1 is 1.19 bits per heavy atom. The number of hydrogen-bond donors (Lipinski definition) is 1. The van der Waals surface area contributed by atoms with Crippen molar-refractivity contribution >= 4 is 57.0 Å². The van der Waals surface area contributed by atoms with Crippen LogP contribution >= 0.6 is 27.5 Å². The van der Waals surface area contributed by atoms with Crippen LogP contribution in [0, 0.1) is 0 Å². The normalized spacial score (nSPS) is 13.9. The molecule has 4 rings (SSSR count). The highest BCUT2D eigenvalue weighted by molar-refractivity contribution is 9.10. The molecule has 1 aliphatic rings. The van der Waals surface area contributed by atoms with Crippen LogP contribution in [-0.2, 0) is 9.53 Å². The number of hydrogen-bond acceptors (Lipinski definition) is 6. The van der Waals surface area contributed by atoms with Gasteiger partial charge in [0.05, 0.1) is 17.5 Å². The molecule has 9 heteroatoms. The second-order valence-electron chi connectivity index (χ2n) is 6.62. The molecule has 160 valence electrons. The third-order valence-corrected chi connectivity index (χ3v) is 5.20. The number of benzene rings is 2. The van der Waals surface area contributed by atoms with Crippen molar-refractivity contribution in [2.24, 2.45) is 10.2 Å². The first-order chi connectivity index (χ1) is 15.5. The van der Waals surface area contributed by atoms with Gasteiger partial charge in [-0.05, 0) is 48.5 Å². The van der Waals surface area contributed by atoms with Gasteiger partial charge in [-0.3, -0.25) is 4.79 Å². The van der Waals surface area contributed by atoms with E-state index in [1.54, 1.807) is 36.4 Å². The molecule has 1 aromatic heterocycles. The lowest BCUT2D eigenvalue weighted by atomic mass is 10.1. The number of anilines is 1. The van der Waals surface area contributed by atoms with E-state index in [2.05, 4.69) is 38.0 Å². The zero-order valence-corrected chi connectivity index (χ0v) is 18.8. The number of carbonyl (C=O) groups excluding carboxylic acids is 2. The van der Waals surface area contributed by atoms with Crippen LogP contribution in [0.15, 0.2) is 80.3 Å². The lowest BCUT2D eigenvalue weighted by Gasteiger charge is -2.07. The van der Waals surface area contributed by atoms with Gasteiger partial charge in [0, 0.05) is 20.6 Å². The smallest absolute Gasteiger partial charge is 0.339 e. The third kappa shape index (κ3) is 4.56. The second kappa shape index (κ2) is 9.33. The third-order valence-electron chi connectivity index (χ3n) is 4.47. The van der Waals surface area contributed by atoms with Gasteiger partial charge in [-0.2, -0.15) is 5.10 Å². The minimum Gasteiger partial charge on any atom is -0.458 e. The van der Waals surface area contributed by atoms with E-state index in [1.807, 2.05) is 6.07 Å². The maximum atomic E-state index is 12.4. The number of carbonyl (C=O) groups is 2. The van der Waals surface area contributed by atoms with Gasteiger partial charge in [0.2, 0.25) is 0 Å². The second-order valence-corrected chi connectivity index (χ2v) is 7.97. The summed E-state index contributed by atoms with van der Waals surface area (Å²) in [5, 5.41) is 11.2. The zero-order valence-electron chi connectivity index (χ0n) is 16.5. The van der Waals surface area contributed by atoms with Crippen LogP contribution in [0.2, 0.25) is 5.02 Å². The Labute approximate surface area is 196 Å². The van der Waals surface area contributed by atoms with E-state index >= 15 is 0 Å². The van der Waals surface area contributed by atoms with Crippen molar-refractivity contribution in [1.82, 2.24) is 0 Å². The highest BCUT2D eigenvalue weighted by Crippen LogP contribution is 2.29. The number of nitrogens with one attached hydrogen (secondary N) is 1. The Bertz CT molecular complexity index is 1300. The lowest BCUT2D eigenvalue weighted by molar-refractivity contribution is -0.110. The summed E-state index contributed by atoms with van der Waals surface area (Å²) in [4.78, 5) is 24.5. The quantitative estimate of drug-likeness (QED) is 0.205. The van der Waals surface area contributed by atoms with Crippen LogP contribution in [0.5, 0.6) is 0 Å². The van der Waals surface area contributed by atoms with Crippen molar-refractivity contribution in [3.05, 3.63) is 87.6 Å². The van der Waals surface area contributed by atoms with Gasteiger partial charge in [-0.25, -0.2) is 4.79 Å². The summed E-state index contributed by atoms with van der Waals surface area (Å²) in [6.07, 6.45) is 2.86. The van der Waals surface area contributed by atoms with Crippen molar-refractivity contribution in [3.63, 3.8) is 0 Å². The minimum atomic E-state index is -0.544. The molecule has 0 aliphatic carbocycles.